The Hall–Kier alpha value is -4.50. The van der Waals surface area contributed by atoms with E-state index in [1.807, 2.05) is 48.5 Å². The minimum absolute atomic E-state index is 0.0517. The van der Waals surface area contributed by atoms with Crippen molar-refractivity contribution in [3.63, 3.8) is 0 Å². The Balaban J connectivity index is 0.000000260. The van der Waals surface area contributed by atoms with Gasteiger partial charge < -0.3 is 0 Å². The molecule has 16 heteroatoms. The molecule has 0 aromatic carbocycles. The van der Waals surface area contributed by atoms with Gasteiger partial charge in [-0.2, -0.15) is 26.3 Å². The van der Waals surface area contributed by atoms with Crippen LogP contribution in [0.5, 0.6) is 0 Å². The maximum Gasteiger partial charge on any atom is 0.406 e. The molecule has 262 valence electrons. The number of aromatic nitrogens is 6. The first-order chi connectivity index (χ1) is 22.0. The van der Waals surface area contributed by atoms with Crippen LogP contribution in [-0.2, 0) is 29.1 Å². The van der Waals surface area contributed by atoms with Crippen molar-refractivity contribution in [3.05, 3.63) is 42.2 Å². The fourth-order valence-corrected chi connectivity index (χ4v) is 4.52. The molecule has 0 radical (unpaired) electrons. The van der Waals surface area contributed by atoms with Crippen molar-refractivity contribution in [2.45, 2.75) is 93.2 Å². The summed E-state index contributed by atoms with van der Waals surface area (Å²) in [7, 11) is 0. The highest BCUT2D eigenvalue weighted by atomic mass is 19.4. The van der Waals surface area contributed by atoms with Crippen molar-refractivity contribution in [1.29, 1.82) is 0 Å². The summed E-state index contributed by atoms with van der Waals surface area (Å²) >= 11 is 0. The molecule has 10 nitrogen and oxygen atoms in total. The lowest BCUT2D eigenvalue weighted by molar-refractivity contribution is -0.140. The second-order valence-corrected chi connectivity index (χ2v) is 13.6. The Labute approximate surface area is 274 Å². The van der Waals surface area contributed by atoms with Crippen LogP contribution in [0, 0.1) is 10.8 Å². The molecule has 4 heterocycles. The van der Waals surface area contributed by atoms with Gasteiger partial charge in [-0.05, 0) is 47.6 Å². The predicted molar refractivity (Wildman–Crippen MR) is 172 cm³/mol. The van der Waals surface area contributed by atoms with Gasteiger partial charge in [-0.1, -0.05) is 55.0 Å². The molecule has 4 aromatic rings. The van der Waals surface area contributed by atoms with E-state index < -0.39 is 31.3 Å². The normalized spacial score (nSPS) is 12.5. The number of alkyl halides is 6. The van der Waals surface area contributed by atoms with Crippen LogP contribution in [0.2, 0.25) is 0 Å². The zero-order valence-corrected chi connectivity index (χ0v) is 27.9. The molecule has 0 unspecified atom stereocenters. The smallest absolute Gasteiger partial charge is 0.296 e. The molecule has 0 aliphatic heterocycles. The molecule has 48 heavy (non-hydrogen) atoms. The molecule has 0 saturated heterocycles. The van der Waals surface area contributed by atoms with E-state index in [4.69, 9.17) is 0 Å². The van der Waals surface area contributed by atoms with Gasteiger partial charge in [0.05, 0.1) is 5.69 Å². The summed E-state index contributed by atoms with van der Waals surface area (Å²) in [4.78, 5) is 40.7. The van der Waals surface area contributed by atoms with Crippen LogP contribution in [-0.4, -0.2) is 53.2 Å². The van der Waals surface area contributed by atoms with Gasteiger partial charge in [0.1, 0.15) is 24.1 Å². The Morgan fingerprint density at radius 1 is 0.708 bits per heavy atom. The maximum atomic E-state index is 12.9. The molecular formula is C32H40F6N8O2. The van der Waals surface area contributed by atoms with E-state index in [0.717, 1.165) is 9.13 Å². The fraction of sp³-hybridized carbons (Fsp3) is 0.500. The Morgan fingerprint density at radius 2 is 1.12 bits per heavy atom. The van der Waals surface area contributed by atoms with Crippen LogP contribution in [0.4, 0.5) is 38.2 Å². The number of fused-ring (bicyclic) bond motifs is 2. The van der Waals surface area contributed by atoms with Gasteiger partial charge in [0, 0.05) is 18.5 Å². The van der Waals surface area contributed by atoms with Gasteiger partial charge in [-0.15, -0.1) is 0 Å². The maximum absolute atomic E-state index is 12.9. The number of hydrogen-bond donors (Lipinski definition) is 2. The van der Waals surface area contributed by atoms with Crippen LogP contribution in [0.25, 0.3) is 28.4 Å². The number of nitrogens with one attached hydrogen (secondary N) is 2. The minimum atomic E-state index is -4.47. The molecule has 2 amide bonds. The fourth-order valence-electron chi connectivity index (χ4n) is 4.52. The van der Waals surface area contributed by atoms with Crippen molar-refractivity contribution in [2.24, 2.45) is 10.8 Å². The number of rotatable bonds is 8. The SMILES string of the molecule is C=Cc1ccc2nc(NC(=O)CC(C)(C)C)n(CC(F)(F)F)c2n1.CCc1ccc2nc(NC(=O)CC(C)(C)C)n(CC(F)(F)F)c2n1. The van der Waals surface area contributed by atoms with Gasteiger partial charge in [0.15, 0.2) is 11.3 Å². The highest BCUT2D eigenvalue weighted by molar-refractivity contribution is 5.92. The minimum Gasteiger partial charge on any atom is -0.296 e. The van der Waals surface area contributed by atoms with Crippen LogP contribution < -0.4 is 10.6 Å². The third kappa shape index (κ3) is 11.3. The van der Waals surface area contributed by atoms with Crippen LogP contribution >= 0.6 is 0 Å². The number of carbonyl (C=O) groups excluding carboxylic acids is 2. The number of anilines is 2. The average Bonchev–Trinajstić information content (AvgIpc) is 3.40. The number of pyridine rings is 2. The Bertz CT molecular complexity index is 1780. The first-order valence-corrected chi connectivity index (χ1v) is 15.1. The van der Waals surface area contributed by atoms with E-state index >= 15 is 0 Å². The van der Waals surface area contributed by atoms with E-state index in [9.17, 15) is 35.9 Å². The quantitative estimate of drug-likeness (QED) is 0.182. The van der Waals surface area contributed by atoms with E-state index in [1.54, 1.807) is 24.3 Å². The number of carbonyl (C=O) groups is 2. The van der Waals surface area contributed by atoms with Crippen molar-refractivity contribution in [1.82, 2.24) is 29.1 Å². The standard InChI is InChI=1S/C16H21F3N4O.C16H19F3N4O/c2*1-5-10-6-7-11-13(20-10)23(9-16(17,18)19)14(21-11)22-12(24)8-15(2,3)4/h6-7H,5,8-9H2,1-4H3,(H,21,22,24);5-7H,1,8-9H2,2-4H3,(H,21,22,24). The van der Waals surface area contributed by atoms with Crippen molar-refractivity contribution < 1.29 is 35.9 Å². The number of halogens is 6. The summed E-state index contributed by atoms with van der Waals surface area (Å²) in [5, 5.41) is 4.95. The summed E-state index contributed by atoms with van der Waals surface area (Å²) in [6.45, 7) is 14.1. The molecular weight excluding hydrogens is 642 g/mol. The van der Waals surface area contributed by atoms with Crippen LogP contribution in [0.15, 0.2) is 30.8 Å². The zero-order valence-electron chi connectivity index (χ0n) is 27.9. The summed E-state index contributed by atoms with van der Waals surface area (Å²) in [5.74, 6) is -1.07. The highest BCUT2D eigenvalue weighted by Crippen LogP contribution is 2.28. The molecule has 0 fully saturated rings. The Morgan fingerprint density at radius 3 is 1.50 bits per heavy atom. The van der Waals surface area contributed by atoms with Crippen molar-refractivity contribution in [2.75, 3.05) is 10.6 Å². The molecule has 4 aromatic heterocycles. The van der Waals surface area contributed by atoms with Crippen molar-refractivity contribution >= 4 is 52.1 Å². The molecule has 0 bridgehead atoms. The zero-order chi connectivity index (χ0) is 36.2. The van der Waals surface area contributed by atoms with Gasteiger partial charge in [-0.25, -0.2) is 19.9 Å². The number of amides is 2. The van der Waals surface area contributed by atoms with E-state index in [1.165, 1.54) is 6.08 Å². The monoisotopic (exact) mass is 682 g/mol. The first kappa shape index (κ1) is 38.0. The van der Waals surface area contributed by atoms with Gasteiger partial charge in [0.25, 0.3) is 0 Å². The average molecular weight is 683 g/mol. The topological polar surface area (TPSA) is 120 Å². The number of hydrogen-bond acceptors (Lipinski definition) is 6. The molecule has 0 aliphatic rings. The number of nitrogens with zero attached hydrogens (tertiary/aromatic N) is 6. The second-order valence-electron chi connectivity index (χ2n) is 13.6. The van der Waals surface area contributed by atoms with E-state index in [2.05, 4.69) is 37.1 Å². The van der Waals surface area contributed by atoms with Crippen LogP contribution in [0.3, 0.4) is 0 Å². The van der Waals surface area contributed by atoms with Gasteiger partial charge >= 0.3 is 12.4 Å². The number of imidazole rings is 2. The predicted octanol–water partition coefficient (Wildman–Crippen LogP) is 7.94. The molecule has 0 spiro atoms. The summed E-state index contributed by atoms with van der Waals surface area (Å²) < 4.78 is 79.3. The van der Waals surface area contributed by atoms with Crippen molar-refractivity contribution in [3.8, 4) is 0 Å². The summed E-state index contributed by atoms with van der Waals surface area (Å²) in [5.41, 5.74) is 1.29. The molecule has 0 atom stereocenters. The summed E-state index contributed by atoms with van der Waals surface area (Å²) in [6, 6.07) is 6.48. The van der Waals surface area contributed by atoms with Crippen LogP contribution in [0.1, 0.15) is 72.7 Å². The Kier molecular flexibility index (Phi) is 11.3. The number of aryl methyl sites for hydroxylation is 1. The third-order valence-corrected chi connectivity index (χ3v) is 6.39. The third-order valence-electron chi connectivity index (χ3n) is 6.39. The molecule has 4 rings (SSSR count). The lowest BCUT2D eigenvalue weighted by Gasteiger charge is -2.17. The largest absolute Gasteiger partial charge is 0.406 e. The van der Waals surface area contributed by atoms with Gasteiger partial charge in [-0.3, -0.25) is 29.4 Å². The molecule has 2 N–H and O–H groups in total. The lowest BCUT2D eigenvalue weighted by Crippen LogP contribution is -2.24. The highest BCUT2D eigenvalue weighted by Gasteiger charge is 2.33. The molecule has 0 aliphatic carbocycles. The second kappa shape index (κ2) is 14.3. The van der Waals surface area contributed by atoms with E-state index in [-0.39, 0.29) is 58.3 Å². The van der Waals surface area contributed by atoms with Gasteiger partial charge in [0.2, 0.25) is 23.7 Å². The summed E-state index contributed by atoms with van der Waals surface area (Å²) in [6.07, 6.45) is -6.55. The first-order valence-electron chi connectivity index (χ1n) is 15.1. The lowest BCUT2D eigenvalue weighted by atomic mass is 9.92. The van der Waals surface area contributed by atoms with E-state index in [0.29, 0.717) is 23.3 Å². The molecule has 0 saturated carbocycles.